The van der Waals surface area contributed by atoms with E-state index < -0.39 is 24.5 Å². The van der Waals surface area contributed by atoms with Crippen molar-refractivity contribution in [3.8, 4) is 0 Å². The van der Waals surface area contributed by atoms with Gasteiger partial charge in [0.25, 0.3) is 0 Å². The van der Waals surface area contributed by atoms with Crippen LogP contribution in [0.25, 0.3) is 5.52 Å². The lowest BCUT2D eigenvalue weighted by Crippen LogP contribution is -2.39. The van der Waals surface area contributed by atoms with Crippen molar-refractivity contribution in [3.63, 3.8) is 0 Å². The summed E-state index contributed by atoms with van der Waals surface area (Å²) in [5.41, 5.74) is 3.52. The summed E-state index contributed by atoms with van der Waals surface area (Å²) >= 11 is 0. The van der Waals surface area contributed by atoms with Gasteiger partial charge < -0.3 is 20.1 Å². The maximum Gasteiger partial charge on any atom is 0.408 e. The summed E-state index contributed by atoms with van der Waals surface area (Å²) in [6.07, 6.45) is 5.59. The van der Waals surface area contributed by atoms with Gasteiger partial charge in [0.05, 0.1) is 18.0 Å². The second kappa shape index (κ2) is 7.68. The Kier molecular flexibility index (Phi) is 4.75. The molecule has 10 nitrogen and oxygen atoms in total. The second-order valence-electron chi connectivity index (χ2n) is 9.36. The molecule has 1 aliphatic heterocycles. The molecule has 2 fully saturated rings. The predicted molar refractivity (Wildman–Crippen MR) is 116 cm³/mol. The number of halogens is 1. The fraction of sp³-hybridized carbons (Fsp3) is 0.545. The van der Waals surface area contributed by atoms with Gasteiger partial charge in [-0.15, -0.1) is 0 Å². The fourth-order valence-electron chi connectivity index (χ4n) is 4.59. The molecule has 1 saturated carbocycles. The number of H-pyrrole nitrogens is 1. The summed E-state index contributed by atoms with van der Waals surface area (Å²) in [7, 11) is 0. The third kappa shape index (κ3) is 3.79. The molecule has 3 aromatic heterocycles. The number of carbonyl (C=O) groups is 1. The van der Waals surface area contributed by atoms with E-state index >= 15 is 4.39 Å². The van der Waals surface area contributed by atoms with Crippen LogP contribution < -0.4 is 10.6 Å². The van der Waals surface area contributed by atoms with Crippen LogP contribution in [0.2, 0.25) is 0 Å². The molecule has 1 saturated heterocycles. The summed E-state index contributed by atoms with van der Waals surface area (Å²) in [5.74, 6) is 1.15. The molecule has 0 bridgehead atoms. The number of amides is 1. The molecule has 3 N–H and O–H groups in total. The van der Waals surface area contributed by atoms with E-state index in [1.807, 2.05) is 17.6 Å². The first-order chi connectivity index (χ1) is 16.0. The minimum Gasteiger partial charge on any atom is -0.441 e. The van der Waals surface area contributed by atoms with Crippen LogP contribution in [0.15, 0.2) is 18.5 Å². The number of anilines is 2. The average molecular weight is 455 g/mol. The van der Waals surface area contributed by atoms with Gasteiger partial charge in [-0.1, -0.05) is 0 Å². The highest BCUT2D eigenvalue weighted by Gasteiger charge is 2.44. The van der Waals surface area contributed by atoms with Crippen molar-refractivity contribution in [2.75, 3.05) is 11.9 Å². The van der Waals surface area contributed by atoms with E-state index in [9.17, 15) is 4.79 Å². The van der Waals surface area contributed by atoms with Crippen LogP contribution >= 0.6 is 0 Å². The molecule has 6 rings (SSSR count). The van der Waals surface area contributed by atoms with Crippen molar-refractivity contribution < 1.29 is 18.7 Å². The topological polar surface area (TPSA) is 118 Å². The van der Waals surface area contributed by atoms with Crippen LogP contribution in [-0.4, -0.2) is 55.3 Å². The Morgan fingerprint density at radius 1 is 1.36 bits per heavy atom. The van der Waals surface area contributed by atoms with E-state index in [0.717, 1.165) is 49.7 Å². The predicted octanol–water partition coefficient (Wildman–Crippen LogP) is 3.13. The van der Waals surface area contributed by atoms with Crippen molar-refractivity contribution >= 4 is 23.2 Å². The highest BCUT2D eigenvalue weighted by atomic mass is 19.1. The van der Waals surface area contributed by atoms with E-state index in [2.05, 4.69) is 30.9 Å². The third-order valence-corrected chi connectivity index (χ3v) is 6.72. The number of carbonyl (C=O) groups excluding carboxylic acids is 1. The number of hydrogen-bond donors (Lipinski definition) is 3. The number of rotatable bonds is 5. The van der Waals surface area contributed by atoms with Crippen molar-refractivity contribution in [2.24, 2.45) is 0 Å². The minimum absolute atomic E-state index is 0.0133. The monoisotopic (exact) mass is 455 g/mol. The van der Waals surface area contributed by atoms with Crippen LogP contribution in [0, 0.1) is 0 Å². The van der Waals surface area contributed by atoms with Crippen LogP contribution in [0.5, 0.6) is 0 Å². The fourth-order valence-corrected chi connectivity index (χ4v) is 4.59. The number of nitrogens with zero attached hydrogens (tertiary/aromatic N) is 4. The smallest absolute Gasteiger partial charge is 0.408 e. The number of alkyl halides is 1. The van der Waals surface area contributed by atoms with Gasteiger partial charge in [-0.05, 0) is 45.4 Å². The minimum atomic E-state index is -1.50. The molecular weight excluding hydrogens is 429 g/mol. The zero-order valence-electron chi connectivity index (χ0n) is 18.3. The van der Waals surface area contributed by atoms with Crippen molar-refractivity contribution in [1.29, 1.82) is 0 Å². The van der Waals surface area contributed by atoms with Gasteiger partial charge in [-0.25, -0.2) is 18.7 Å². The molecule has 4 heterocycles. The number of fused-ring (bicyclic) bond motifs is 3. The molecule has 3 aromatic rings. The number of aryl methyl sites for hydroxylation is 2. The van der Waals surface area contributed by atoms with E-state index in [-0.39, 0.29) is 12.1 Å². The van der Waals surface area contributed by atoms with Crippen molar-refractivity contribution in [2.45, 2.75) is 69.4 Å². The van der Waals surface area contributed by atoms with Gasteiger partial charge in [0.2, 0.25) is 0 Å². The summed E-state index contributed by atoms with van der Waals surface area (Å²) in [5, 5.41) is 17.8. The van der Waals surface area contributed by atoms with Crippen LogP contribution in [-0.2, 0) is 22.3 Å². The van der Waals surface area contributed by atoms with E-state index in [1.165, 1.54) is 5.56 Å². The Morgan fingerprint density at radius 3 is 3.06 bits per heavy atom. The van der Waals surface area contributed by atoms with E-state index in [4.69, 9.17) is 9.47 Å². The molecule has 3 atom stereocenters. The number of nitrogens with one attached hydrogen (secondary N) is 3. The van der Waals surface area contributed by atoms with Gasteiger partial charge >= 0.3 is 6.09 Å². The van der Waals surface area contributed by atoms with Crippen LogP contribution in [0.4, 0.5) is 20.8 Å². The second-order valence-corrected chi connectivity index (χ2v) is 9.36. The maximum atomic E-state index is 15.0. The average Bonchev–Trinajstić information content (AvgIpc) is 3.13. The summed E-state index contributed by atoms with van der Waals surface area (Å²) in [4.78, 5) is 16.5. The molecule has 2 aliphatic carbocycles. The van der Waals surface area contributed by atoms with Crippen LogP contribution in [0.1, 0.15) is 55.7 Å². The SMILES string of the molecule is CC1(NC(=O)O[C@H]2CO[C@@H](c3cc(Nc4nccn5nc6c(c45)CCCC6)n[nH]3)[C@@H]2F)CC1. The highest BCUT2D eigenvalue weighted by molar-refractivity contribution is 5.76. The number of hydrogen-bond acceptors (Lipinski definition) is 7. The molecule has 33 heavy (non-hydrogen) atoms. The zero-order chi connectivity index (χ0) is 22.6. The lowest BCUT2D eigenvalue weighted by atomic mass is 9.97. The highest BCUT2D eigenvalue weighted by Crippen LogP contribution is 2.36. The molecule has 0 spiro atoms. The third-order valence-electron chi connectivity index (χ3n) is 6.72. The van der Waals surface area contributed by atoms with Gasteiger partial charge in [-0.3, -0.25) is 5.10 Å². The van der Waals surface area contributed by atoms with Crippen molar-refractivity contribution in [1.82, 2.24) is 30.1 Å². The Bertz CT molecular complexity index is 1200. The number of aromatic amines is 1. The summed E-state index contributed by atoms with van der Waals surface area (Å²) < 4.78 is 27.7. The molecule has 1 amide bonds. The van der Waals surface area contributed by atoms with Crippen molar-refractivity contribution in [3.05, 3.63) is 35.4 Å². The van der Waals surface area contributed by atoms with Gasteiger partial charge in [0.15, 0.2) is 23.9 Å². The van der Waals surface area contributed by atoms with E-state index in [1.54, 1.807) is 12.3 Å². The number of alkyl carbamates (subject to hydrolysis) is 1. The molecule has 0 radical (unpaired) electrons. The first-order valence-electron chi connectivity index (χ1n) is 11.4. The number of ether oxygens (including phenoxy) is 2. The maximum absolute atomic E-state index is 15.0. The van der Waals surface area contributed by atoms with E-state index in [0.29, 0.717) is 17.3 Å². The zero-order valence-corrected chi connectivity index (χ0v) is 18.3. The Morgan fingerprint density at radius 2 is 2.21 bits per heavy atom. The standard InChI is InChI=1S/C22H26FN7O3/c1-22(6-7-22)26-21(31)33-15-11-32-19(17(15)23)14-10-16(28-27-14)25-20-18-12-4-2-3-5-13(12)29-30(18)9-8-24-20/h8-10,15,17,19H,2-7,11H2,1H3,(H,26,31)(H2,24,25,27,28)/t15-,17+,19-/m0/s1. The molecule has 0 unspecified atom stereocenters. The lowest BCUT2D eigenvalue weighted by Gasteiger charge is -2.17. The Hall–Kier alpha value is -3.21. The van der Waals surface area contributed by atoms with Gasteiger partial charge in [-0.2, -0.15) is 10.2 Å². The van der Waals surface area contributed by atoms with Gasteiger partial charge in [0, 0.05) is 29.6 Å². The van der Waals surface area contributed by atoms with Gasteiger partial charge in [0.1, 0.15) is 11.6 Å². The Balaban J connectivity index is 1.16. The summed E-state index contributed by atoms with van der Waals surface area (Å²) in [6, 6.07) is 1.69. The molecule has 0 aromatic carbocycles. The normalized spacial score (nSPS) is 25.6. The van der Waals surface area contributed by atoms with Crippen LogP contribution in [0.3, 0.4) is 0 Å². The largest absolute Gasteiger partial charge is 0.441 e. The molecule has 11 heteroatoms. The number of aromatic nitrogens is 5. The first-order valence-corrected chi connectivity index (χ1v) is 11.4. The summed E-state index contributed by atoms with van der Waals surface area (Å²) in [6.45, 7) is 1.92. The molecule has 3 aliphatic rings. The quantitative estimate of drug-likeness (QED) is 0.541. The molecular formula is C22H26FN7O3. The lowest BCUT2D eigenvalue weighted by molar-refractivity contribution is 0.0604. The molecule has 174 valence electrons. The Labute approximate surface area is 189 Å². The first kappa shape index (κ1) is 20.4.